The average Bonchev–Trinajstić information content (AvgIpc) is 3.39. The second kappa shape index (κ2) is 8.61. The molecule has 0 atom stereocenters. The van der Waals surface area contributed by atoms with Gasteiger partial charge < -0.3 is 14.8 Å². The van der Waals surface area contributed by atoms with Crippen LogP contribution in [0.3, 0.4) is 0 Å². The van der Waals surface area contributed by atoms with Crippen molar-refractivity contribution in [3.63, 3.8) is 0 Å². The third-order valence-electron chi connectivity index (χ3n) is 4.87. The van der Waals surface area contributed by atoms with E-state index in [0.717, 1.165) is 21.8 Å². The van der Waals surface area contributed by atoms with E-state index in [4.69, 9.17) is 9.47 Å². The van der Waals surface area contributed by atoms with Gasteiger partial charge in [-0.15, -0.1) is 11.3 Å². The highest BCUT2D eigenvalue weighted by molar-refractivity contribution is 7.09. The van der Waals surface area contributed by atoms with Gasteiger partial charge in [0.2, 0.25) is 0 Å². The number of aryl methyl sites for hydroxylation is 2. The van der Waals surface area contributed by atoms with Gasteiger partial charge in [0.1, 0.15) is 17.2 Å². The van der Waals surface area contributed by atoms with Crippen LogP contribution < -0.4 is 14.8 Å². The molecule has 4 rings (SSSR count). The summed E-state index contributed by atoms with van der Waals surface area (Å²) in [6, 6.07) is 14.8. The predicted octanol–water partition coefficient (Wildman–Crippen LogP) is 4.79. The molecule has 4 aromatic rings. The molecule has 0 fully saturated rings. The van der Waals surface area contributed by atoms with Gasteiger partial charge in [0.15, 0.2) is 0 Å². The van der Waals surface area contributed by atoms with Crippen LogP contribution in [-0.2, 0) is 7.05 Å². The van der Waals surface area contributed by atoms with E-state index in [9.17, 15) is 4.79 Å². The fourth-order valence-corrected chi connectivity index (χ4v) is 3.93. The Labute approximate surface area is 184 Å². The van der Waals surface area contributed by atoms with Gasteiger partial charge in [0, 0.05) is 23.6 Å². The Balaban J connectivity index is 1.66. The van der Waals surface area contributed by atoms with E-state index in [2.05, 4.69) is 15.4 Å². The van der Waals surface area contributed by atoms with Crippen LogP contribution in [0.1, 0.15) is 15.5 Å². The maximum atomic E-state index is 13.1. The molecule has 7 nitrogen and oxygen atoms in total. The number of carbonyl (C=O) groups is 1. The number of carbonyl (C=O) groups excluding carboxylic acids is 1. The van der Waals surface area contributed by atoms with E-state index in [1.807, 2.05) is 54.8 Å². The van der Waals surface area contributed by atoms with Crippen LogP contribution in [0.4, 0.5) is 5.69 Å². The molecule has 0 bridgehead atoms. The van der Waals surface area contributed by atoms with E-state index in [-0.39, 0.29) is 5.91 Å². The smallest absolute Gasteiger partial charge is 0.273 e. The standard InChI is InChI=1S/C23H22N4O3S/c1-14-24-20(13-31-14)16-7-5-6-8-18(16)25-23(28)21-12-19(26-27(21)2)17-11-15(29-3)9-10-22(17)30-4/h5-13H,1-4H3,(H,25,28). The second-order valence-electron chi connectivity index (χ2n) is 6.86. The fraction of sp³-hybridized carbons (Fsp3) is 0.174. The maximum Gasteiger partial charge on any atom is 0.273 e. The Morgan fingerprint density at radius 3 is 2.55 bits per heavy atom. The van der Waals surface area contributed by atoms with Crippen molar-refractivity contribution in [1.29, 1.82) is 0 Å². The molecular formula is C23H22N4O3S. The van der Waals surface area contributed by atoms with Crippen LogP contribution >= 0.6 is 11.3 Å². The van der Waals surface area contributed by atoms with Gasteiger partial charge in [-0.2, -0.15) is 5.10 Å². The molecule has 2 heterocycles. The first-order valence-electron chi connectivity index (χ1n) is 9.59. The summed E-state index contributed by atoms with van der Waals surface area (Å²) in [5.41, 5.74) is 4.19. The summed E-state index contributed by atoms with van der Waals surface area (Å²) in [5, 5.41) is 10.5. The number of amides is 1. The van der Waals surface area contributed by atoms with Gasteiger partial charge in [0.05, 0.1) is 36.3 Å². The lowest BCUT2D eigenvalue weighted by Gasteiger charge is -2.09. The van der Waals surface area contributed by atoms with Gasteiger partial charge >= 0.3 is 0 Å². The van der Waals surface area contributed by atoms with Crippen LogP contribution in [0.2, 0.25) is 0 Å². The van der Waals surface area contributed by atoms with Gasteiger partial charge in [0.25, 0.3) is 5.91 Å². The molecule has 31 heavy (non-hydrogen) atoms. The van der Waals surface area contributed by atoms with Crippen molar-refractivity contribution in [2.75, 3.05) is 19.5 Å². The number of methoxy groups -OCH3 is 2. The SMILES string of the molecule is COc1ccc(OC)c(-c2cc(C(=O)Nc3ccccc3-c3csc(C)n3)n(C)n2)c1. The maximum absolute atomic E-state index is 13.1. The zero-order chi connectivity index (χ0) is 22.0. The minimum Gasteiger partial charge on any atom is -0.497 e. The van der Waals surface area contributed by atoms with Crippen molar-refractivity contribution in [3.8, 4) is 34.0 Å². The molecule has 2 aromatic carbocycles. The van der Waals surface area contributed by atoms with Crippen LogP contribution in [0.25, 0.3) is 22.5 Å². The lowest BCUT2D eigenvalue weighted by molar-refractivity contribution is 0.101. The number of rotatable bonds is 6. The largest absolute Gasteiger partial charge is 0.497 e. The topological polar surface area (TPSA) is 78.3 Å². The van der Waals surface area contributed by atoms with Crippen molar-refractivity contribution in [1.82, 2.24) is 14.8 Å². The minimum atomic E-state index is -0.262. The zero-order valence-electron chi connectivity index (χ0n) is 17.7. The summed E-state index contributed by atoms with van der Waals surface area (Å²) in [6.07, 6.45) is 0. The number of benzene rings is 2. The molecule has 1 amide bonds. The quantitative estimate of drug-likeness (QED) is 0.472. The molecule has 1 N–H and O–H groups in total. The normalized spacial score (nSPS) is 10.7. The van der Waals surface area contributed by atoms with Gasteiger partial charge in [-0.05, 0) is 37.3 Å². The van der Waals surface area contributed by atoms with Crippen molar-refractivity contribution in [2.24, 2.45) is 7.05 Å². The number of hydrogen-bond donors (Lipinski definition) is 1. The summed E-state index contributed by atoms with van der Waals surface area (Å²) in [5.74, 6) is 1.07. The Morgan fingerprint density at radius 2 is 1.84 bits per heavy atom. The zero-order valence-corrected chi connectivity index (χ0v) is 18.5. The summed E-state index contributed by atoms with van der Waals surface area (Å²) in [6.45, 7) is 1.96. The predicted molar refractivity (Wildman–Crippen MR) is 122 cm³/mol. The lowest BCUT2D eigenvalue weighted by Crippen LogP contribution is -2.16. The third-order valence-corrected chi connectivity index (χ3v) is 5.64. The Morgan fingerprint density at radius 1 is 1.03 bits per heavy atom. The van der Waals surface area contributed by atoms with Crippen LogP contribution in [0.15, 0.2) is 53.9 Å². The number of ether oxygens (including phenoxy) is 2. The molecular weight excluding hydrogens is 412 g/mol. The van der Waals surface area contributed by atoms with E-state index in [0.29, 0.717) is 28.6 Å². The van der Waals surface area contributed by atoms with Crippen molar-refractivity contribution in [2.45, 2.75) is 6.92 Å². The van der Waals surface area contributed by atoms with Crippen molar-refractivity contribution in [3.05, 3.63) is 64.6 Å². The summed E-state index contributed by atoms with van der Waals surface area (Å²) in [7, 11) is 4.93. The van der Waals surface area contributed by atoms with Gasteiger partial charge in [-0.1, -0.05) is 18.2 Å². The van der Waals surface area contributed by atoms with E-state index in [1.165, 1.54) is 0 Å². The first-order chi connectivity index (χ1) is 15.0. The fourth-order valence-electron chi connectivity index (χ4n) is 3.31. The van der Waals surface area contributed by atoms with Crippen molar-refractivity contribution >= 4 is 22.9 Å². The van der Waals surface area contributed by atoms with Crippen LogP contribution in [-0.4, -0.2) is 34.9 Å². The molecule has 0 aliphatic rings. The first kappa shape index (κ1) is 20.6. The molecule has 0 saturated heterocycles. The number of aromatic nitrogens is 3. The van der Waals surface area contributed by atoms with Gasteiger partial charge in [-0.3, -0.25) is 9.48 Å². The summed E-state index contributed by atoms with van der Waals surface area (Å²) < 4.78 is 12.3. The van der Waals surface area contributed by atoms with Gasteiger partial charge in [-0.25, -0.2) is 4.98 Å². The Hall–Kier alpha value is -3.65. The molecule has 0 radical (unpaired) electrons. The Kier molecular flexibility index (Phi) is 5.73. The van der Waals surface area contributed by atoms with Crippen molar-refractivity contribution < 1.29 is 14.3 Å². The lowest BCUT2D eigenvalue weighted by atomic mass is 10.1. The highest BCUT2D eigenvalue weighted by Crippen LogP contribution is 2.33. The number of nitrogens with one attached hydrogen (secondary N) is 1. The van der Waals surface area contributed by atoms with E-state index in [1.54, 1.807) is 43.4 Å². The highest BCUT2D eigenvalue weighted by Gasteiger charge is 2.19. The monoisotopic (exact) mass is 434 g/mol. The number of para-hydroxylation sites is 1. The summed E-state index contributed by atoms with van der Waals surface area (Å²) >= 11 is 1.57. The Bertz CT molecular complexity index is 1250. The number of thiazole rings is 1. The molecule has 158 valence electrons. The average molecular weight is 435 g/mol. The number of anilines is 1. The third kappa shape index (κ3) is 4.15. The van der Waals surface area contributed by atoms with Crippen LogP contribution in [0.5, 0.6) is 11.5 Å². The summed E-state index contributed by atoms with van der Waals surface area (Å²) in [4.78, 5) is 17.6. The molecule has 0 aliphatic heterocycles. The first-order valence-corrected chi connectivity index (χ1v) is 10.5. The van der Waals surface area contributed by atoms with E-state index >= 15 is 0 Å². The number of nitrogens with zero attached hydrogens (tertiary/aromatic N) is 3. The molecule has 0 unspecified atom stereocenters. The molecule has 0 spiro atoms. The number of hydrogen-bond acceptors (Lipinski definition) is 6. The molecule has 2 aromatic heterocycles. The highest BCUT2D eigenvalue weighted by atomic mass is 32.1. The van der Waals surface area contributed by atoms with E-state index < -0.39 is 0 Å². The molecule has 8 heteroatoms. The molecule has 0 saturated carbocycles. The minimum absolute atomic E-state index is 0.262. The second-order valence-corrected chi connectivity index (χ2v) is 7.92. The molecule has 0 aliphatic carbocycles. The van der Waals surface area contributed by atoms with Crippen LogP contribution in [0, 0.1) is 6.92 Å².